The van der Waals surface area contributed by atoms with Crippen molar-refractivity contribution in [2.24, 2.45) is 0 Å². The number of nitrogens with one attached hydrogen (secondary N) is 2. The lowest BCUT2D eigenvalue weighted by Crippen LogP contribution is -2.47. The molecule has 0 aliphatic carbocycles. The molecule has 0 saturated carbocycles. The van der Waals surface area contributed by atoms with Crippen molar-refractivity contribution in [3.63, 3.8) is 0 Å². The monoisotopic (exact) mass is 503 g/mol. The van der Waals surface area contributed by atoms with Crippen molar-refractivity contribution in [2.75, 3.05) is 30.3 Å². The van der Waals surface area contributed by atoms with Gasteiger partial charge >= 0.3 is 6.18 Å². The van der Waals surface area contributed by atoms with Crippen molar-refractivity contribution < 1.29 is 31.9 Å². The van der Waals surface area contributed by atoms with Gasteiger partial charge in [-0.05, 0) is 65.8 Å². The molecule has 0 bridgehead atoms. The van der Waals surface area contributed by atoms with E-state index in [1.165, 1.54) is 12.1 Å². The molecule has 1 fully saturated rings. The lowest BCUT2D eigenvalue weighted by molar-refractivity contribution is -0.137. The van der Waals surface area contributed by atoms with Crippen LogP contribution in [-0.2, 0) is 33.5 Å². The Morgan fingerprint density at radius 3 is 2.75 bits per heavy atom. The van der Waals surface area contributed by atoms with Crippen LogP contribution < -0.4 is 10.6 Å². The van der Waals surface area contributed by atoms with Crippen LogP contribution in [0.4, 0.5) is 28.9 Å². The summed E-state index contributed by atoms with van der Waals surface area (Å²) in [5, 5.41) is 5.62. The number of carbonyl (C=O) groups excluding carboxylic acids is 2. The van der Waals surface area contributed by atoms with Gasteiger partial charge in [0.25, 0.3) is 0 Å². The highest BCUT2D eigenvalue weighted by Crippen LogP contribution is 2.35. The number of halogens is 4. The van der Waals surface area contributed by atoms with Gasteiger partial charge in [-0.3, -0.25) is 14.5 Å². The highest BCUT2D eigenvalue weighted by molar-refractivity contribution is 6.05. The topological polar surface area (TPSA) is 70.7 Å². The zero-order valence-electron chi connectivity index (χ0n) is 19.3. The molecule has 5 rings (SSSR count). The molecule has 2 N–H and O–H groups in total. The van der Waals surface area contributed by atoms with E-state index in [1.54, 1.807) is 12.1 Å². The second kappa shape index (κ2) is 9.67. The van der Waals surface area contributed by atoms with Crippen LogP contribution >= 0.6 is 0 Å². The number of likely N-dealkylation sites (tertiary alicyclic amines) is 1. The van der Waals surface area contributed by atoms with Crippen LogP contribution in [0.1, 0.15) is 35.1 Å². The minimum Gasteiger partial charge on any atom is -0.376 e. The van der Waals surface area contributed by atoms with Crippen LogP contribution in [0.3, 0.4) is 0 Å². The molecule has 2 atom stereocenters. The predicted octanol–water partition coefficient (Wildman–Crippen LogP) is 4.55. The molecule has 3 aliphatic rings. The summed E-state index contributed by atoms with van der Waals surface area (Å²) in [5.74, 6) is -0.640. The van der Waals surface area contributed by atoms with E-state index in [0.29, 0.717) is 53.9 Å². The van der Waals surface area contributed by atoms with E-state index in [-0.39, 0.29) is 25.7 Å². The SMILES string of the molecule is O=C(/C=C1\CCOCc2cc(C(F)(F)F)ccc21)Nc1ccc2c(c1)NC(=O)C(N1CC[C@H](F)C1)C2. The van der Waals surface area contributed by atoms with Crippen LogP contribution in [0.25, 0.3) is 5.57 Å². The number of anilines is 2. The Bertz CT molecular complexity index is 1230. The third-order valence-electron chi connectivity index (χ3n) is 6.81. The highest BCUT2D eigenvalue weighted by atomic mass is 19.4. The number of nitrogens with zero attached hydrogens (tertiary/aromatic N) is 1. The Kier molecular flexibility index (Phi) is 6.57. The van der Waals surface area contributed by atoms with Crippen LogP contribution in [0, 0.1) is 0 Å². The first kappa shape index (κ1) is 24.5. The maximum atomic E-state index is 13.6. The smallest absolute Gasteiger partial charge is 0.376 e. The second-order valence-corrected chi connectivity index (χ2v) is 9.29. The largest absolute Gasteiger partial charge is 0.416 e. The van der Waals surface area contributed by atoms with Crippen molar-refractivity contribution in [3.05, 3.63) is 64.7 Å². The molecule has 0 aromatic heterocycles. The van der Waals surface area contributed by atoms with E-state index in [9.17, 15) is 27.2 Å². The quantitative estimate of drug-likeness (QED) is 0.476. The highest BCUT2D eigenvalue weighted by Gasteiger charge is 2.36. The van der Waals surface area contributed by atoms with E-state index in [2.05, 4.69) is 10.6 Å². The van der Waals surface area contributed by atoms with Gasteiger partial charge in [-0.2, -0.15) is 13.2 Å². The fourth-order valence-electron chi connectivity index (χ4n) is 4.97. The standard InChI is InChI=1S/C26H25F4N3O3/c27-19-5-7-33(13-19)23-10-16-1-3-20(12-22(16)32-25(23)35)31-24(34)11-15-6-8-36-14-17-9-18(26(28,29)30)2-4-21(15)17/h1-4,9,11-12,19,23H,5-8,10,13-14H2,(H,31,34)(H,32,35)/b15-11+/t19-,23?/m0/s1. The fourth-order valence-corrected chi connectivity index (χ4v) is 4.97. The molecular weight excluding hydrogens is 478 g/mol. The Labute approximate surface area is 205 Å². The molecule has 10 heteroatoms. The summed E-state index contributed by atoms with van der Waals surface area (Å²) < 4.78 is 58.3. The Morgan fingerprint density at radius 1 is 1.17 bits per heavy atom. The molecule has 0 spiro atoms. The van der Waals surface area contributed by atoms with E-state index < -0.39 is 29.9 Å². The number of rotatable bonds is 3. The van der Waals surface area contributed by atoms with Gasteiger partial charge in [-0.1, -0.05) is 12.1 Å². The summed E-state index contributed by atoms with van der Waals surface area (Å²) >= 11 is 0. The molecule has 1 saturated heterocycles. The maximum Gasteiger partial charge on any atom is 0.416 e. The molecular formula is C26H25F4N3O3. The number of hydrogen-bond donors (Lipinski definition) is 2. The fraction of sp³-hybridized carbons (Fsp3) is 0.385. The van der Waals surface area contributed by atoms with Gasteiger partial charge in [-0.25, -0.2) is 4.39 Å². The zero-order valence-corrected chi connectivity index (χ0v) is 19.3. The molecule has 36 heavy (non-hydrogen) atoms. The number of fused-ring (bicyclic) bond motifs is 2. The third-order valence-corrected chi connectivity index (χ3v) is 6.81. The van der Waals surface area contributed by atoms with Gasteiger partial charge in [0, 0.05) is 30.5 Å². The van der Waals surface area contributed by atoms with Gasteiger partial charge in [-0.15, -0.1) is 0 Å². The number of alkyl halides is 4. The van der Waals surface area contributed by atoms with Gasteiger partial charge in [0.2, 0.25) is 11.8 Å². The van der Waals surface area contributed by atoms with Crippen molar-refractivity contribution in [2.45, 2.75) is 44.3 Å². The summed E-state index contributed by atoms with van der Waals surface area (Å²) in [4.78, 5) is 27.3. The molecule has 2 amide bonds. The number of ether oxygens (including phenoxy) is 1. The number of benzene rings is 2. The lowest BCUT2D eigenvalue weighted by atomic mass is 9.96. The Hall–Kier alpha value is -3.24. The van der Waals surface area contributed by atoms with Gasteiger partial charge in [0.15, 0.2) is 0 Å². The summed E-state index contributed by atoms with van der Waals surface area (Å²) in [7, 11) is 0. The molecule has 0 radical (unpaired) electrons. The van der Waals surface area contributed by atoms with E-state index in [0.717, 1.165) is 17.7 Å². The van der Waals surface area contributed by atoms with Gasteiger partial charge < -0.3 is 15.4 Å². The number of amides is 2. The molecule has 3 heterocycles. The van der Waals surface area contributed by atoms with Crippen molar-refractivity contribution >= 4 is 28.8 Å². The van der Waals surface area contributed by atoms with Gasteiger partial charge in [0.1, 0.15) is 6.17 Å². The number of hydrogen-bond acceptors (Lipinski definition) is 4. The Morgan fingerprint density at radius 2 is 2.00 bits per heavy atom. The molecule has 190 valence electrons. The molecule has 2 aromatic carbocycles. The molecule has 6 nitrogen and oxygen atoms in total. The molecule has 1 unspecified atom stereocenters. The van der Waals surface area contributed by atoms with Crippen molar-refractivity contribution in [3.8, 4) is 0 Å². The number of carbonyl (C=O) groups is 2. The van der Waals surface area contributed by atoms with Crippen LogP contribution in [-0.4, -0.2) is 48.6 Å². The summed E-state index contributed by atoms with van der Waals surface area (Å²) in [5.41, 5.74) is 2.71. The minimum atomic E-state index is -4.46. The normalized spacial score (nSPS) is 23.6. The molecule has 3 aliphatic heterocycles. The first-order chi connectivity index (χ1) is 17.2. The average molecular weight is 503 g/mol. The lowest BCUT2D eigenvalue weighted by Gasteiger charge is -2.31. The van der Waals surface area contributed by atoms with E-state index in [1.807, 2.05) is 11.0 Å². The summed E-state index contributed by atoms with van der Waals surface area (Å²) in [6.45, 7) is 1.11. The van der Waals surface area contributed by atoms with Crippen LogP contribution in [0.5, 0.6) is 0 Å². The Balaban J connectivity index is 1.31. The van der Waals surface area contributed by atoms with Crippen LogP contribution in [0.2, 0.25) is 0 Å². The van der Waals surface area contributed by atoms with Crippen molar-refractivity contribution in [1.82, 2.24) is 4.90 Å². The van der Waals surface area contributed by atoms with Gasteiger partial charge in [0.05, 0.1) is 24.8 Å². The van der Waals surface area contributed by atoms with Crippen molar-refractivity contribution in [1.29, 1.82) is 0 Å². The summed E-state index contributed by atoms with van der Waals surface area (Å²) in [6.07, 6.45) is -2.74. The predicted molar refractivity (Wildman–Crippen MR) is 126 cm³/mol. The third kappa shape index (κ3) is 5.15. The first-order valence-electron chi connectivity index (χ1n) is 11.8. The molecule has 2 aromatic rings. The minimum absolute atomic E-state index is 0.0349. The summed E-state index contributed by atoms with van der Waals surface area (Å²) in [6, 6.07) is 8.24. The van der Waals surface area contributed by atoms with Crippen LogP contribution in [0.15, 0.2) is 42.5 Å². The first-order valence-corrected chi connectivity index (χ1v) is 11.8. The van der Waals surface area contributed by atoms with E-state index in [4.69, 9.17) is 4.74 Å². The zero-order chi connectivity index (χ0) is 25.4. The van der Waals surface area contributed by atoms with E-state index >= 15 is 0 Å². The second-order valence-electron chi connectivity index (χ2n) is 9.29. The average Bonchev–Trinajstić information content (AvgIpc) is 3.15. The maximum absolute atomic E-state index is 13.6.